The first kappa shape index (κ1) is 16.6. The average molecular weight is 354 g/mol. The number of nitrogens with zero attached hydrogens (tertiary/aromatic N) is 2. The van der Waals surface area contributed by atoms with Crippen LogP contribution in [0.3, 0.4) is 0 Å². The SMILES string of the molecule is Nc1cc(-c2scnc2C2CC2)c(Cl)cn1.OC1CCCOC1. The van der Waals surface area contributed by atoms with E-state index in [4.69, 9.17) is 27.2 Å². The van der Waals surface area contributed by atoms with E-state index in [1.807, 2.05) is 11.6 Å². The van der Waals surface area contributed by atoms with Gasteiger partial charge in [0.05, 0.1) is 33.8 Å². The topological polar surface area (TPSA) is 81.3 Å². The molecule has 5 nitrogen and oxygen atoms in total. The molecule has 1 unspecified atom stereocenters. The van der Waals surface area contributed by atoms with Crippen LogP contribution in [0.4, 0.5) is 5.82 Å². The van der Waals surface area contributed by atoms with Gasteiger partial charge in [0.15, 0.2) is 0 Å². The lowest BCUT2D eigenvalue weighted by Crippen LogP contribution is -2.21. The molecule has 2 fully saturated rings. The van der Waals surface area contributed by atoms with Crippen molar-refractivity contribution >= 4 is 28.8 Å². The zero-order valence-corrected chi connectivity index (χ0v) is 14.3. The summed E-state index contributed by atoms with van der Waals surface area (Å²) in [6, 6.07) is 1.82. The Morgan fingerprint density at radius 2 is 2.13 bits per heavy atom. The summed E-state index contributed by atoms with van der Waals surface area (Å²) in [6.07, 6.45) is 5.81. The van der Waals surface area contributed by atoms with Gasteiger partial charge in [-0.15, -0.1) is 11.3 Å². The molecule has 2 aromatic heterocycles. The smallest absolute Gasteiger partial charge is 0.124 e. The van der Waals surface area contributed by atoms with E-state index in [-0.39, 0.29) is 6.10 Å². The highest BCUT2D eigenvalue weighted by atomic mass is 35.5. The van der Waals surface area contributed by atoms with E-state index >= 15 is 0 Å². The lowest BCUT2D eigenvalue weighted by molar-refractivity contribution is -0.00535. The van der Waals surface area contributed by atoms with Crippen molar-refractivity contribution in [3.63, 3.8) is 0 Å². The molecule has 0 aromatic carbocycles. The van der Waals surface area contributed by atoms with Crippen LogP contribution >= 0.6 is 22.9 Å². The second-order valence-corrected chi connectivity index (χ2v) is 7.06. The third-order valence-electron chi connectivity index (χ3n) is 3.82. The minimum absolute atomic E-state index is 0.186. The monoisotopic (exact) mass is 353 g/mol. The normalized spacial score (nSPS) is 20.7. The van der Waals surface area contributed by atoms with Crippen molar-refractivity contribution < 1.29 is 9.84 Å². The first-order valence-corrected chi connectivity index (χ1v) is 9.01. The fourth-order valence-electron chi connectivity index (χ4n) is 2.46. The number of hydrogen-bond donors (Lipinski definition) is 2. The molecule has 124 valence electrons. The number of nitrogens with two attached hydrogens (primary N) is 1. The summed E-state index contributed by atoms with van der Waals surface area (Å²) in [5.41, 5.74) is 9.68. The molecule has 0 bridgehead atoms. The van der Waals surface area contributed by atoms with Crippen molar-refractivity contribution in [1.82, 2.24) is 9.97 Å². The van der Waals surface area contributed by atoms with Crippen molar-refractivity contribution in [2.24, 2.45) is 0 Å². The molecular weight excluding hydrogens is 334 g/mol. The van der Waals surface area contributed by atoms with Crippen LogP contribution < -0.4 is 5.73 Å². The van der Waals surface area contributed by atoms with Crippen molar-refractivity contribution in [1.29, 1.82) is 0 Å². The zero-order valence-electron chi connectivity index (χ0n) is 12.7. The van der Waals surface area contributed by atoms with Gasteiger partial charge >= 0.3 is 0 Å². The molecule has 0 radical (unpaired) electrons. The van der Waals surface area contributed by atoms with Gasteiger partial charge in [0.2, 0.25) is 0 Å². The third kappa shape index (κ3) is 4.41. The Hall–Kier alpha value is -1.21. The van der Waals surface area contributed by atoms with E-state index < -0.39 is 0 Å². The van der Waals surface area contributed by atoms with Gasteiger partial charge in [-0.3, -0.25) is 0 Å². The number of pyridine rings is 1. The summed E-state index contributed by atoms with van der Waals surface area (Å²) in [6.45, 7) is 1.37. The molecule has 7 heteroatoms. The summed E-state index contributed by atoms with van der Waals surface area (Å²) in [5, 5.41) is 9.42. The minimum Gasteiger partial charge on any atom is -0.391 e. The highest BCUT2D eigenvalue weighted by Gasteiger charge is 2.29. The van der Waals surface area contributed by atoms with Crippen LogP contribution in [0.1, 0.15) is 37.3 Å². The molecule has 3 N–H and O–H groups in total. The van der Waals surface area contributed by atoms with Gasteiger partial charge in [0, 0.05) is 24.3 Å². The summed E-state index contributed by atoms with van der Waals surface area (Å²) in [5.74, 6) is 1.11. The van der Waals surface area contributed by atoms with Crippen LogP contribution in [-0.4, -0.2) is 34.4 Å². The molecule has 0 spiro atoms. The molecule has 1 aliphatic carbocycles. The Morgan fingerprint density at radius 3 is 2.74 bits per heavy atom. The molecule has 23 heavy (non-hydrogen) atoms. The van der Waals surface area contributed by atoms with Gasteiger partial charge in [-0.25, -0.2) is 9.97 Å². The van der Waals surface area contributed by atoms with Crippen molar-refractivity contribution in [2.45, 2.75) is 37.7 Å². The summed E-state index contributed by atoms with van der Waals surface area (Å²) in [4.78, 5) is 9.53. The van der Waals surface area contributed by atoms with Crippen molar-refractivity contribution in [3.8, 4) is 10.4 Å². The molecule has 3 heterocycles. The maximum Gasteiger partial charge on any atom is 0.124 e. The van der Waals surface area contributed by atoms with Gasteiger partial charge < -0.3 is 15.6 Å². The Bertz CT molecular complexity index is 655. The average Bonchev–Trinajstić information content (AvgIpc) is 3.28. The lowest BCUT2D eigenvalue weighted by atomic mass is 10.1. The summed E-state index contributed by atoms with van der Waals surface area (Å²) in [7, 11) is 0. The number of rotatable bonds is 2. The number of thiazole rings is 1. The first-order chi connectivity index (χ1) is 11.1. The molecule has 1 atom stereocenters. The Morgan fingerprint density at radius 1 is 1.30 bits per heavy atom. The first-order valence-electron chi connectivity index (χ1n) is 7.75. The predicted octanol–water partition coefficient (Wildman–Crippen LogP) is 3.48. The maximum atomic E-state index is 8.78. The second-order valence-electron chi connectivity index (χ2n) is 5.80. The van der Waals surface area contributed by atoms with Crippen LogP contribution in [0, 0.1) is 0 Å². The molecular formula is C16H20ClN3O2S. The lowest BCUT2D eigenvalue weighted by Gasteiger charge is -2.15. The Balaban J connectivity index is 0.000000188. The van der Waals surface area contributed by atoms with Crippen LogP contribution in [0.2, 0.25) is 5.02 Å². The van der Waals surface area contributed by atoms with Gasteiger partial charge in [0.25, 0.3) is 0 Å². The Kier molecular flexibility index (Phi) is 5.48. The van der Waals surface area contributed by atoms with Crippen molar-refractivity contribution in [2.75, 3.05) is 18.9 Å². The number of hydrogen-bond acceptors (Lipinski definition) is 6. The Labute approximate surface area is 144 Å². The van der Waals surface area contributed by atoms with Crippen LogP contribution in [0.25, 0.3) is 10.4 Å². The largest absolute Gasteiger partial charge is 0.391 e. The number of aliphatic hydroxyl groups excluding tert-OH is 1. The number of anilines is 1. The predicted molar refractivity (Wildman–Crippen MR) is 92.8 cm³/mol. The standard InChI is InChI=1S/C11H10ClN3S.C5H10O2/c12-8-4-14-9(13)3-7(8)11-10(6-1-2-6)15-5-16-11;6-5-2-1-3-7-4-5/h3-6H,1-2H2,(H2,13,14);5-6H,1-4H2. The number of aromatic nitrogens is 2. The highest BCUT2D eigenvalue weighted by molar-refractivity contribution is 7.13. The highest BCUT2D eigenvalue weighted by Crippen LogP contribution is 2.46. The summed E-state index contributed by atoms with van der Waals surface area (Å²) >= 11 is 7.76. The van der Waals surface area contributed by atoms with Crippen LogP contribution in [0.5, 0.6) is 0 Å². The number of ether oxygens (including phenoxy) is 1. The molecule has 2 aromatic rings. The fraction of sp³-hybridized carbons (Fsp3) is 0.500. The van der Waals surface area contributed by atoms with E-state index in [1.165, 1.54) is 12.8 Å². The van der Waals surface area contributed by atoms with Gasteiger partial charge in [-0.05, 0) is 31.7 Å². The molecule has 2 aliphatic rings. The molecule has 1 saturated carbocycles. The van der Waals surface area contributed by atoms with Gasteiger partial charge in [-0.1, -0.05) is 11.6 Å². The van der Waals surface area contributed by atoms with E-state index in [9.17, 15) is 0 Å². The third-order valence-corrected chi connectivity index (χ3v) is 4.99. The molecule has 1 aliphatic heterocycles. The summed E-state index contributed by atoms with van der Waals surface area (Å²) < 4.78 is 4.93. The van der Waals surface area contributed by atoms with E-state index in [1.54, 1.807) is 17.5 Å². The van der Waals surface area contributed by atoms with Gasteiger partial charge in [0.1, 0.15) is 5.82 Å². The molecule has 0 amide bonds. The van der Waals surface area contributed by atoms with Crippen LogP contribution in [-0.2, 0) is 4.74 Å². The second kappa shape index (κ2) is 7.57. The fourth-order valence-corrected chi connectivity index (χ4v) is 3.62. The zero-order chi connectivity index (χ0) is 16.2. The molecule has 1 saturated heterocycles. The number of halogens is 1. The van der Waals surface area contributed by atoms with Gasteiger partial charge in [-0.2, -0.15) is 0 Å². The van der Waals surface area contributed by atoms with E-state index in [0.29, 0.717) is 23.4 Å². The van der Waals surface area contributed by atoms with Crippen molar-refractivity contribution in [3.05, 3.63) is 28.5 Å². The minimum atomic E-state index is -0.186. The van der Waals surface area contributed by atoms with E-state index in [0.717, 1.165) is 35.6 Å². The van der Waals surface area contributed by atoms with E-state index in [2.05, 4.69) is 9.97 Å². The van der Waals surface area contributed by atoms with Crippen LogP contribution in [0.15, 0.2) is 17.8 Å². The maximum absolute atomic E-state index is 8.78. The molecule has 4 rings (SSSR count). The number of nitrogen functional groups attached to an aromatic ring is 1. The number of aliphatic hydroxyl groups is 1. The quantitative estimate of drug-likeness (QED) is 0.863.